The zero-order chi connectivity index (χ0) is 24.2. The highest BCUT2D eigenvalue weighted by atomic mass is 16.2. The van der Waals surface area contributed by atoms with Crippen molar-refractivity contribution >= 4 is 23.2 Å². The van der Waals surface area contributed by atoms with E-state index in [-0.39, 0.29) is 23.3 Å². The molecule has 0 aliphatic rings. The minimum Gasteiger partial charge on any atom is -0.377 e. The highest BCUT2D eigenvalue weighted by molar-refractivity contribution is 6.06. The molecule has 3 rings (SSSR count). The molecule has 0 radical (unpaired) electrons. The molecule has 1 unspecified atom stereocenters. The van der Waals surface area contributed by atoms with E-state index in [1.807, 2.05) is 92.6 Å². The molecule has 1 atom stereocenters. The third-order valence-corrected chi connectivity index (χ3v) is 5.64. The summed E-state index contributed by atoms with van der Waals surface area (Å²) in [5, 5.41) is 5.99. The Kier molecular flexibility index (Phi) is 7.22. The van der Waals surface area contributed by atoms with Crippen molar-refractivity contribution in [1.29, 1.82) is 0 Å². The van der Waals surface area contributed by atoms with Gasteiger partial charge in [-0.2, -0.15) is 0 Å². The SMILES string of the molecule is CC(NC(=O)c1cc(NC(=O)c2ccc(C(C)(C)C)cc2)ccc1N(C)C)c1ccccc1. The molecule has 2 N–H and O–H groups in total. The van der Waals surface area contributed by atoms with Gasteiger partial charge in [-0.3, -0.25) is 9.59 Å². The molecule has 2 amide bonds. The lowest BCUT2D eigenvalue weighted by Gasteiger charge is -2.21. The lowest BCUT2D eigenvalue weighted by atomic mass is 9.87. The average molecular weight is 444 g/mol. The summed E-state index contributed by atoms with van der Waals surface area (Å²) in [5.74, 6) is -0.405. The maximum Gasteiger partial charge on any atom is 0.255 e. The van der Waals surface area contributed by atoms with Crippen LogP contribution in [0.15, 0.2) is 72.8 Å². The van der Waals surface area contributed by atoms with Crippen LogP contribution in [0.25, 0.3) is 0 Å². The van der Waals surface area contributed by atoms with Crippen LogP contribution in [0.4, 0.5) is 11.4 Å². The van der Waals surface area contributed by atoms with Crippen LogP contribution in [0, 0.1) is 0 Å². The standard InChI is InChI=1S/C28H33N3O2/c1-19(20-10-8-7-9-11-20)29-27(33)24-18-23(16-17-25(24)31(5)6)30-26(32)21-12-14-22(15-13-21)28(2,3)4/h7-19H,1-6H3,(H,29,33)(H,30,32). The van der Waals surface area contributed by atoms with Crippen molar-refractivity contribution in [2.45, 2.75) is 39.2 Å². The van der Waals surface area contributed by atoms with E-state index >= 15 is 0 Å². The molecule has 3 aromatic carbocycles. The number of rotatable bonds is 6. The Labute approximate surface area is 196 Å². The molecular formula is C28H33N3O2. The van der Waals surface area contributed by atoms with Gasteiger partial charge >= 0.3 is 0 Å². The average Bonchev–Trinajstić information content (AvgIpc) is 2.78. The molecule has 0 aromatic heterocycles. The van der Waals surface area contributed by atoms with Crippen LogP contribution in [0.3, 0.4) is 0 Å². The first-order valence-corrected chi connectivity index (χ1v) is 11.2. The predicted molar refractivity (Wildman–Crippen MR) is 136 cm³/mol. The molecule has 0 fully saturated rings. The van der Waals surface area contributed by atoms with Crippen molar-refractivity contribution in [1.82, 2.24) is 5.32 Å². The van der Waals surface area contributed by atoms with Crippen LogP contribution >= 0.6 is 0 Å². The largest absolute Gasteiger partial charge is 0.377 e. The summed E-state index contributed by atoms with van der Waals surface area (Å²) in [6.45, 7) is 8.37. The van der Waals surface area contributed by atoms with Crippen molar-refractivity contribution in [3.05, 3.63) is 95.1 Å². The Morgan fingerprint density at radius 2 is 1.48 bits per heavy atom. The van der Waals surface area contributed by atoms with E-state index in [9.17, 15) is 9.59 Å². The summed E-state index contributed by atoms with van der Waals surface area (Å²) in [7, 11) is 3.78. The molecule has 3 aromatic rings. The number of carbonyl (C=O) groups excluding carboxylic acids is 2. The number of nitrogens with zero attached hydrogens (tertiary/aromatic N) is 1. The van der Waals surface area contributed by atoms with Gasteiger partial charge in [0.15, 0.2) is 0 Å². The van der Waals surface area contributed by atoms with E-state index in [1.54, 1.807) is 6.07 Å². The van der Waals surface area contributed by atoms with Gasteiger partial charge in [0.25, 0.3) is 11.8 Å². The molecule has 0 aliphatic carbocycles. The molecule has 5 heteroatoms. The Morgan fingerprint density at radius 3 is 2.06 bits per heavy atom. The number of nitrogens with one attached hydrogen (secondary N) is 2. The highest BCUT2D eigenvalue weighted by Crippen LogP contribution is 2.25. The van der Waals surface area contributed by atoms with E-state index in [0.717, 1.165) is 11.3 Å². The zero-order valence-corrected chi connectivity index (χ0v) is 20.3. The maximum absolute atomic E-state index is 13.1. The molecule has 0 saturated heterocycles. The first-order valence-electron chi connectivity index (χ1n) is 11.2. The quantitative estimate of drug-likeness (QED) is 0.507. The van der Waals surface area contributed by atoms with Gasteiger partial charge in [-0.15, -0.1) is 0 Å². The van der Waals surface area contributed by atoms with Gasteiger partial charge in [0.1, 0.15) is 0 Å². The lowest BCUT2D eigenvalue weighted by molar-refractivity contribution is 0.0939. The normalized spacial score (nSPS) is 12.1. The van der Waals surface area contributed by atoms with Crippen molar-refractivity contribution in [2.75, 3.05) is 24.3 Å². The van der Waals surface area contributed by atoms with Crippen LogP contribution in [-0.4, -0.2) is 25.9 Å². The van der Waals surface area contributed by atoms with Crippen molar-refractivity contribution in [3.63, 3.8) is 0 Å². The second kappa shape index (κ2) is 9.90. The summed E-state index contributed by atoms with van der Waals surface area (Å²) in [4.78, 5) is 27.8. The minimum absolute atomic E-state index is 0.0240. The molecule has 0 bridgehead atoms. The minimum atomic E-state index is -0.211. The van der Waals surface area contributed by atoms with Gasteiger partial charge < -0.3 is 15.5 Å². The van der Waals surface area contributed by atoms with Crippen molar-refractivity contribution < 1.29 is 9.59 Å². The summed E-state index contributed by atoms with van der Waals surface area (Å²) < 4.78 is 0. The topological polar surface area (TPSA) is 61.4 Å². The number of amides is 2. The second-order valence-corrected chi connectivity index (χ2v) is 9.51. The van der Waals surface area contributed by atoms with Crippen LogP contribution < -0.4 is 15.5 Å². The molecule has 0 spiro atoms. The Balaban J connectivity index is 1.80. The van der Waals surface area contributed by atoms with Gasteiger partial charge in [-0.1, -0.05) is 63.2 Å². The third-order valence-electron chi connectivity index (χ3n) is 5.64. The van der Waals surface area contributed by atoms with Gasteiger partial charge in [-0.25, -0.2) is 0 Å². The van der Waals surface area contributed by atoms with E-state index in [1.165, 1.54) is 5.56 Å². The fourth-order valence-corrected chi connectivity index (χ4v) is 3.61. The lowest BCUT2D eigenvalue weighted by Crippen LogP contribution is -2.28. The van der Waals surface area contributed by atoms with E-state index in [0.29, 0.717) is 16.8 Å². The van der Waals surface area contributed by atoms with E-state index in [2.05, 4.69) is 31.4 Å². The first kappa shape index (κ1) is 24.1. The fourth-order valence-electron chi connectivity index (χ4n) is 3.61. The number of benzene rings is 3. The Morgan fingerprint density at radius 1 is 0.848 bits per heavy atom. The van der Waals surface area contributed by atoms with Gasteiger partial charge in [-0.05, 0) is 53.8 Å². The Hall–Kier alpha value is -3.60. The molecular weight excluding hydrogens is 410 g/mol. The van der Waals surface area contributed by atoms with Crippen LogP contribution in [0.1, 0.15) is 65.6 Å². The van der Waals surface area contributed by atoms with Gasteiger partial charge in [0.2, 0.25) is 0 Å². The Bertz CT molecular complexity index is 1110. The summed E-state index contributed by atoms with van der Waals surface area (Å²) in [5.41, 5.74) is 4.65. The fraction of sp³-hybridized carbons (Fsp3) is 0.286. The van der Waals surface area contributed by atoms with Crippen LogP contribution in [0.5, 0.6) is 0 Å². The van der Waals surface area contributed by atoms with Crippen LogP contribution in [0.2, 0.25) is 0 Å². The highest BCUT2D eigenvalue weighted by Gasteiger charge is 2.18. The molecule has 0 heterocycles. The number of hydrogen-bond donors (Lipinski definition) is 2. The van der Waals surface area contributed by atoms with Gasteiger partial charge in [0, 0.05) is 31.0 Å². The molecule has 0 saturated carbocycles. The molecule has 33 heavy (non-hydrogen) atoms. The summed E-state index contributed by atoms with van der Waals surface area (Å²) in [6.07, 6.45) is 0. The monoisotopic (exact) mass is 443 g/mol. The predicted octanol–water partition coefficient (Wildman–Crippen LogP) is 5.79. The van der Waals surface area contributed by atoms with E-state index in [4.69, 9.17) is 0 Å². The summed E-state index contributed by atoms with van der Waals surface area (Å²) >= 11 is 0. The second-order valence-electron chi connectivity index (χ2n) is 9.51. The molecule has 5 nitrogen and oxygen atoms in total. The number of hydrogen-bond acceptors (Lipinski definition) is 3. The number of carbonyl (C=O) groups is 2. The summed E-state index contributed by atoms with van der Waals surface area (Å²) in [6, 6.07) is 22.7. The van der Waals surface area contributed by atoms with Gasteiger partial charge in [0.05, 0.1) is 11.6 Å². The first-order chi connectivity index (χ1) is 15.6. The van der Waals surface area contributed by atoms with Crippen molar-refractivity contribution in [2.24, 2.45) is 0 Å². The third kappa shape index (κ3) is 6.01. The van der Waals surface area contributed by atoms with Crippen molar-refractivity contribution in [3.8, 4) is 0 Å². The smallest absolute Gasteiger partial charge is 0.255 e. The molecule has 0 aliphatic heterocycles. The molecule has 172 valence electrons. The number of anilines is 2. The maximum atomic E-state index is 13.1. The van der Waals surface area contributed by atoms with E-state index < -0.39 is 0 Å². The zero-order valence-electron chi connectivity index (χ0n) is 20.3. The van der Waals surface area contributed by atoms with Crippen LogP contribution in [-0.2, 0) is 5.41 Å².